The van der Waals surface area contributed by atoms with Gasteiger partial charge in [0.2, 0.25) is 11.8 Å². The monoisotopic (exact) mass is 519 g/mol. The maximum absolute atomic E-state index is 12.5. The van der Waals surface area contributed by atoms with Crippen LogP contribution in [0.25, 0.3) is 0 Å². The Morgan fingerprint density at radius 1 is 1.11 bits per heavy atom. The lowest BCUT2D eigenvalue weighted by atomic mass is 9.89. The van der Waals surface area contributed by atoms with Gasteiger partial charge in [0.25, 0.3) is 0 Å². The predicted octanol–water partition coefficient (Wildman–Crippen LogP) is 2.45. The predicted molar refractivity (Wildman–Crippen MR) is 135 cm³/mol. The number of aromatic carboxylic acids is 1. The molecule has 2 aliphatic heterocycles. The molecule has 0 spiro atoms. The van der Waals surface area contributed by atoms with Crippen LogP contribution >= 0.6 is 0 Å². The topological polar surface area (TPSA) is 135 Å². The van der Waals surface area contributed by atoms with Crippen molar-refractivity contribution in [3.8, 4) is 5.75 Å². The highest BCUT2D eigenvalue weighted by molar-refractivity contribution is 5.98. The Morgan fingerprint density at radius 3 is 2.41 bits per heavy atom. The van der Waals surface area contributed by atoms with Crippen LogP contribution in [0.1, 0.15) is 56.0 Å². The molecule has 11 nitrogen and oxygen atoms in total. The average Bonchev–Trinajstić information content (AvgIpc) is 2.82. The fourth-order valence-corrected chi connectivity index (χ4v) is 4.49. The van der Waals surface area contributed by atoms with E-state index in [-0.39, 0.29) is 42.4 Å². The van der Waals surface area contributed by atoms with Crippen molar-refractivity contribution in [3.63, 3.8) is 0 Å². The number of nitrogens with one attached hydrogen (secondary N) is 1. The number of rotatable bonds is 9. The Balaban J connectivity index is 1.84. The lowest BCUT2D eigenvalue weighted by Gasteiger charge is -2.37. The van der Waals surface area contributed by atoms with Crippen molar-refractivity contribution in [3.05, 3.63) is 23.3 Å². The second-order valence-electron chi connectivity index (χ2n) is 10.2. The Hall–Kier alpha value is -3.34. The first kappa shape index (κ1) is 28.2. The Morgan fingerprint density at radius 2 is 1.81 bits per heavy atom. The number of carbonyl (C=O) groups excluding carboxylic acids is 3. The van der Waals surface area contributed by atoms with E-state index in [0.717, 1.165) is 5.69 Å². The molecule has 0 aliphatic carbocycles. The van der Waals surface area contributed by atoms with Crippen LogP contribution in [0.15, 0.2) is 12.1 Å². The Kier molecular flexibility index (Phi) is 9.36. The second-order valence-corrected chi connectivity index (χ2v) is 10.2. The number of imide groups is 1. The smallest absolute Gasteiger partial charge is 0.410 e. The molecule has 0 radical (unpaired) electrons. The summed E-state index contributed by atoms with van der Waals surface area (Å²) in [5.41, 5.74) is 0.750. The molecule has 37 heavy (non-hydrogen) atoms. The minimum atomic E-state index is -1.09. The highest BCUT2D eigenvalue weighted by atomic mass is 16.6. The Labute approximate surface area is 217 Å². The van der Waals surface area contributed by atoms with Crippen molar-refractivity contribution >= 4 is 29.6 Å². The molecule has 2 aliphatic rings. The van der Waals surface area contributed by atoms with Gasteiger partial charge in [0.05, 0.1) is 17.9 Å². The molecule has 1 aromatic carbocycles. The normalized spacial score (nSPS) is 18.4. The Bertz CT molecular complexity index is 1010. The zero-order valence-corrected chi connectivity index (χ0v) is 22.0. The molecule has 2 N–H and O–H groups in total. The van der Waals surface area contributed by atoms with Crippen LogP contribution in [-0.4, -0.2) is 86.0 Å². The second kappa shape index (κ2) is 12.3. The first-order valence-electron chi connectivity index (χ1n) is 12.6. The van der Waals surface area contributed by atoms with Gasteiger partial charge in [-0.2, -0.15) is 0 Å². The number of hydrogen-bond acceptors (Lipinski definition) is 8. The average molecular weight is 520 g/mol. The minimum Gasteiger partial charge on any atom is -0.489 e. The lowest BCUT2D eigenvalue weighted by Crippen LogP contribution is -2.50. The van der Waals surface area contributed by atoms with Gasteiger partial charge >= 0.3 is 12.1 Å². The maximum atomic E-state index is 12.5. The van der Waals surface area contributed by atoms with Crippen molar-refractivity contribution < 1.29 is 38.5 Å². The van der Waals surface area contributed by atoms with Gasteiger partial charge in [-0.3, -0.25) is 14.9 Å². The molecule has 1 unspecified atom stereocenters. The number of nitrogens with zero attached hydrogens (tertiary/aromatic N) is 2. The highest BCUT2D eigenvalue weighted by Crippen LogP contribution is 2.37. The van der Waals surface area contributed by atoms with Crippen molar-refractivity contribution in [2.45, 2.75) is 52.1 Å². The van der Waals surface area contributed by atoms with Gasteiger partial charge in [-0.05, 0) is 52.2 Å². The number of ether oxygens (including phenoxy) is 3. The maximum Gasteiger partial charge on any atom is 0.410 e. The van der Waals surface area contributed by atoms with Crippen molar-refractivity contribution in [1.82, 2.24) is 10.2 Å². The fourth-order valence-electron chi connectivity index (χ4n) is 4.49. The fraction of sp³-hybridized carbons (Fsp3) is 0.615. The summed E-state index contributed by atoms with van der Waals surface area (Å²) in [6, 6.07) is 3.28. The van der Waals surface area contributed by atoms with Crippen molar-refractivity contribution in [1.29, 1.82) is 0 Å². The molecule has 3 amide bonds. The molecule has 1 atom stereocenters. The lowest BCUT2D eigenvalue weighted by molar-refractivity contribution is -0.136. The number of piperidine rings is 1. The van der Waals surface area contributed by atoms with E-state index < -0.39 is 11.6 Å². The number of methoxy groups -OCH3 is 1. The van der Waals surface area contributed by atoms with E-state index >= 15 is 0 Å². The SMILES string of the molecule is COCCOc1c(N2CCN(C(=O)OC(C)(C)C)CC2)ccc(C(=O)O)c1CCC1CCC(=O)NC1=O. The first-order valence-corrected chi connectivity index (χ1v) is 12.6. The summed E-state index contributed by atoms with van der Waals surface area (Å²) in [5, 5.41) is 12.3. The van der Waals surface area contributed by atoms with E-state index in [1.807, 2.05) is 20.8 Å². The van der Waals surface area contributed by atoms with Crippen LogP contribution in [0.2, 0.25) is 0 Å². The third-order valence-electron chi connectivity index (χ3n) is 6.37. The van der Waals surface area contributed by atoms with Crippen LogP contribution in [0.4, 0.5) is 10.5 Å². The number of carboxylic acids is 1. The van der Waals surface area contributed by atoms with Crippen LogP contribution in [0.3, 0.4) is 0 Å². The molecule has 2 saturated heterocycles. The van der Waals surface area contributed by atoms with Crippen molar-refractivity contribution in [2.75, 3.05) is 51.4 Å². The van der Waals surface area contributed by atoms with Gasteiger partial charge in [-0.1, -0.05) is 0 Å². The zero-order valence-electron chi connectivity index (χ0n) is 22.0. The van der Waals surface area contributed by atoms with Crippen LogP contribution < -0.4 is 15.0 Å². The summed E-state index contributed by atoms with van der Waals surface area (Å²) in [4.78, 5) is 52.1. The summed E-state index contributed by atoms with van der Waals surface area (Å²) in [7, 11) is 1.55. The molecule has 2 heterocycles. The van der Waals surface area contributed by atoms with Gasteiger partial charge in [-0.25, -0.2) is 9.59 Å². The van der Waals surface area contributed by atoms with Gasteiger partial charge < -0.3 is 29.1 Å². The van der Waals surface area contributed by atoms with Gasteiger partial charge in [0, 0.05) is 51.2 Å². The number of piperazine rings is 1. The van der Waals surface area contributed by atoms with E-state index in [4.69, 9.17) is 14.2 Å². The number of amides is 3. The van der Waals surface area contributed by atoms with E-state index in [0.29, 0.717) is 63.4 Å². The van der Waals surface area contributed by atoms with Crippen LogP contribution in [-0.2, 0) is 25.5 Å². The molecular formula is C26H37N3O8. The summed E-state index contributed by atoms with van der Waals surface area (Å²) in [5.74, 6) is -1.65. The largest absolute Gasteiger partial charge is 0.489 e. The standard InChI is InChI=1S/C26H37N3O8/c1-26(2,3)37-25(34)29-13-11-28(12-14-29)20-9-8-19(24(32)33)18(22(20)36-16-15-35-4)7-5-17-6-10-21(30)27-23(17)31/h8-9,17H,5-7,10-16H2,1-4H3,(H,32,33)(H,27,30,31). The van der Waals surface area contributed by atoms with E-state index in [1.165, 1.54) is 0 Å². The molecular weight excluding hydrogens is 482 g/mol. The van der Waals surface area contributed by atoms with Crippen molar-refractivity contribution in [2.24, 2.45) is 5.92 Å². The molecule has 1 aromatic rings. The summed E-state index contributed by atoms with van der Waals surface area (Å²) >= 11 is 0. The number of benzene rings is 1. The van der Waals surface area contributed by atoms with Gasteiger partial charge in [0.15, 0.2) is 0 Å². The molecule has 11 heteroatoms. The first-order chi connectivity index (χ1) is 17.5. The number of carboxylic acid groups (broad SMARTS) is 1. The number of carbonyl (C=O) groups is 4. The number of anilines is 1. The van der Waals surface area contributed by atoms with E-state index in [2.05, 4.69) is 10.2 Å². The summed E-state index contributed by atoms with van der Waals surface area (Å²) < 4.78 is 16.7. The molecule has 3 rings (SSSR count). The van der Waals surface area contributed by atoms with Crippen LogP contribution in [0, 0.1) is 5.92 Å². The minimum absolute atomic E-state index is 0.107. The zero-order chi connectivity index (χ0) is 27.2. The summed E-state index contributed by atoms with van der Waals surface area (Å²) in [6.07, 6.45) is 1.01. The summed E-state index contributed by atoms with van der Waals surface area (Å²) in [6.45, 7) is 7.92. The quantitative estimate of drug-likeness (QED) is 0.373. The number of hydrogen-bond donors (Lipinski definition) is 2. The van der Waals surface area contributed by atoms with E-state index in [9.17, 15) is 24.3 Å². The third-order valence-corrected chi connectivity index (χ3v) is 6.37. The van der Waals surface area contributed by atoms with Gasteiger partial charge in [-0.15, -0.1) is 0 Å². The molecule has 204 valence electrons. The highest BCUT2D eigenvalue weighted by Gasteiger charge is 2.31. The third kappa shape index (κ3) is 7.58. The molecule has 2 fully saturated rings. The van der Waals surface area contributed by atoms with Crippen LogP contribution in [0.5, 0.6) is 5.75 Å². The molecule has 0 saturated carbocycles. The van der Waals surface area contributed by atoms with E-state index in [1.54, 1.807) is 24.1 Å². The molecule has 0 aromatic heterocycles. The van der Waals surface area contributed by atoms with Gasteiger partial charge in [0.1, 0.15) is 18.0 Å². The molecule has 0 bridgehead atoms.